The number of nitrogens with zero attached hydrogens (tertiary/aromatic N) is 1. The molecule has 3 fully saturated rings. The minimum Gasteiger partial charge on any atom is -0.453 e. The lowest BCUT2D eigenvalue weighted by Crippen LogP contribution is -2.56. The number of piperidine rings is 3. The normalized spacial score (nSPS) is 33.9. The molecule has 0 aromatic carbocycles. The maximum Gasteiger partial charge on any atom is 0.169 e. The molecule has 4 heterocycles. The first-order valence-corrected chi connectivity index (χ1v) is 7.25. The Morgan fingerprint density at radius 3 is 2.71 bits per heavy atom. The van der Waals surface area contributed by atoms with Crippen LogP contribution in [-0.2, 0) is 0 Å². The lowest BCUT2D eigenvalue weighted by Gasteiger charge is -2.45. The molecule has 4 rings (SSSR count). The van der Waals surface area contributed by atoms with E-state index in [-0.39, 0.29) is 0 Å². The Kier molecular flexibility index (Phi) is 3.28. The maximum absolute atomic E-state index is 5.61. The topological polar surface area (TPSA) is 28.4 Å². The molecular formula is C13H19BrN2O. The monoisotopic (exact) mass is 298 g/mol. The van der Waals surface area contributed by atoms with E-state index in [0.717, 1.165) is 16.3 Å². The average molecular weight is 299 g/mol. The third kappa shape index (κ3) is 2.44. The quantitative estimate of drug-likeness (QED) is 0.930. The van der Waals surface area contributed by atoms with E-state index in [1.165, 1.54) is 32.5 Å². The van der Waals surface area contributed by atoms with Crippen molar-refractivity contribution in [1.82, 2.24) is 10.2 Å². The van der Waals surface area contributed by atoms with Gasteiger partial charge in [-0.05, 0) is 66.8 Å². The average Bonchev–Trinajstić information content (AvgIpc) is 2.77. The van der Waals surface area contributed by atoms with Crippen LogP contribution in [0.1, 0.15) is 31.6 Å². The third-order valence-corrected chi connectivity index (χ3v) is 4.57. The minimum atomic E-state index is 0.298. The van der Waals surface area contributed by atoms with Gasteiger partial charge in [0, 0.05) is 12.6 Å². The zero-order valence-electron chi connectivity index (χ0n) is 10.2. The van der Waals surface area contributed by atoms with E-state index in [9.17, 15) is 0 Å². The van der Waals surface area contributed by atoms with Crippen molar-refractivity contribution >= 4 is 15.9 Å². The predicted octanol–water partition coefficient (Wildman–Crippen LogP) is 2.79. The van der Waals surface area contributed by atoms with Gasteiger partial charge < -0.3 is 14.6 Å². The van der Waals surface area contributed by atoms with E-state index < -0.39 is 0 Å². The summed E-state index contributed by atoms with van der Waals surface area (Å²) >= 11 is 3.36. The number of nitrogens with one attached hydrogen (secondary N) is 1. The summed E-state index contributed by atoms with van der Waals surface area (Å²) in [5.74, 6) is 1.88. The molecule has 3 aliphatic heterocycles. The van der Waals surface area contributed by atoms with E-state index in [1.807, 2.05) is 12.1 Å². The van der Waals surface area contributed by atoms with Crippen molar-refractivity contribution in [3.63, 3.8) is 0 Å². The van der Waals surface area contributed by atoms with Gasteiger partial charge in [0.05, 0.1) is 6.04 Å². The Labute approximate surface area is 111 Å². The van der Waals surface area contributed by atoms with Crippen LogP contribution >= 0.6 is 15.9 Å². The van der Waals surface area contributed by atoms with Crippen LogP contribution in [0.15, 0.2) is 21.2 Å². The zero-order valence-corrected chi connectivity index (χ0v) is 11.7. The SMILES string of the molecule is CC(NC1CN2CCC1CC2)c1ccc(Br)o1. The molecule has 94 valence electrons. The number of rotatable bonds is 3. The van der Waals surface area contributed by atoms with Gasteiger partial charge in [0.2, 0.25) is 0 Å². The van der Waals surface area contributed by atoms with Crippen LogP contribution in [0.5, 0.6) is 0 Å². The van der Waals surface area contributed by atoms with Crippen LogP contribution in [0.25, 0.3) is 0 Å². The first-order valence-electron chi connectivity index (χ1n) is 6.46. The van der Waals surface area contributed by atoms with Gasteiger partial charge in [0.25, 0.3) is 0 Å². The van der Waals surface area contributed by atoms with Crippen LogP contribution in [0, 0.1) is 5.92 Å². The zero-order chi connectivity index (χ0) is 11.8. The molecule has 17 heavy (non-hydrogen) atoms. The first kappa shape index (κ1) is 11.8. The molecule has 0 aliphatic carbocycles. The van der Waals surface area contributed by atoms with Crippen LogP contribution in [0.4, 0.5) is 0 Å². The summed E-state index contributed by atoms with van der Waals surface area (Å²) in [6.07, 6.45) is 2.71. The molecule has 3 aliphatic rings. The van der Waals surface area contributed by atoms with E-state index in [4.69, 9.17) is 4.42 Å². The number of halogens is 1. The van der Waals surface area contributed by atoms with Crippen LogP contribution in [0.2, 0.25) is 0 Å². The summed E-state index contributed by atoms with van der Waals surface area (Å²) in [6, 6.07) is 4.94. The lowest BCUT2D eigenvalue weighted by atomic mass is 9.83. The molecule has 0 spiro atoms. The Balaban J connectivity index is 1.63. The van der Waals surface area contributed by atoms with Crippen molar-refractivity contribution in [3.05, 3.63) is 22.6 Å². The summed E-state index contributed by atoms with van der Waals surface area (Å²) < 4.78 is 6.42. The highest BCUT2D eigenvalue weighted by molar-refractivity contribution is 9.10. The summed E-state index contributed by atoms with van der Waals surface area (Å²) in [5, 5.41) is 3.72. The van der Waals surface area contributed by atoms with Gasteiger partial charge in [-0.15, -0.1) is 0 Å². The number of hydrogen-bond donors (Lipinski definition) is 1. The Morgan fingerprint density at radius 2 is 2.18 bits per heavy atom. The van der Waals surface area contributed by atoms with Crippen LogP contribution in [-0.4, -0.2) is 30.6 Å². The highest BCUT2D eigenvalue weighted by Gasteiger charge is 2.34. The standard InChI is InChI=1S/C13H19BrN2O/c1-9(12-2-3-13(14)17-12)15-11-8-16-6-4-10(11)5-7-16/h2-3,9-11,15H,4-8H2,1H3. The fraction of sp³-hybridized carbons (Fsp3) is 0.692. The Bertz CT molecular complexity index is 385. The molecular weight excluding hydrogens is 280 g/mol. The fourth-order valence-electron chi connectivity index (χ4n) is 3.12. The smallest absolute Gasteiger partial charge is 0.169 e. The molecule has 1 aromatic heterocycles. The molecule has 3 nitrogen and oxygen atoms in total. The number of furan rings is 1. The largest absolute Gasteiger partial charge is 0.453 e. The van der Waals surface area contributed by atoms with Gasteiger partial charge in [-0.2, -0.15) is 0 Å². The molecule has 3 saturated heterocycles. The van der Waals surface area contributed by atoms with Gasteiger partial charge >= 0.3 is 0 Å². The van der Waals surface area contributed by atoms with Gasteiger partial charge in [0.1, 0.15) is 5.76 Å². The van der Waals surface area contributed by atoms with Crippen molar-refractivity contribution in [2.75, 3.05) is 19.6 Å². The summed E-state index contributed by atoms with van der Waals surface area (Å²) in [4.78, 5) is 2.57. The molecule has 2 unspecified atom stereocenters. The van der Waals surface area contributed by atoms with E-state index in [0.29, 0.717) is 12.1 Å². The van der Waals surface area contributed by atoms with Crippen molar-refractivity contribution in [2.45, 2.75) is 31.8 Å². The molecule has 4 heteroatoms. The third-order valence-electron chi connectivity index (χ3n) is 4.14. The molecule has 0 saturated carbocycles. The second kappa shape index (κ2) is 4.75. The molecule has 2 bridgehead atoms. The first-order chi connectivity index (χ1) is 8.22. The molecule has 1 aromatic rings. The molecule has 0 radical (unpaired) electrons. The highest BCUT2D eigenvalue weighted by Crippen LogP contribution is 2.29. The Morgan fingerprint density at radius 1 is 1.41 bits per heavy atom. The summed E-state index contributed by atoms with van der Waals surface area (Å²) in [5.41, 5.74) is 0. The van der Waals surface area contributed by atoms with Crippen LogP contribution in [0.3, 0.4) is 0 Å². The number of hydrogen-bond acceptors (Lipinski definition) is 3. The van der Waals surface area contributed by atoms with Gasteiger partial charge in [-0.3, -0.25) is 0 Å². The van der Waals surface area contributed by atoms with E-state index >= 15 is 0 Å². The predicted molar refractivity (Wildman–Crippen MR) is 70.9 cm³/mol. The number of fused-ring (bicyclic) bond motifs is 3. The second-order valence-electron chi connectivity index (χ2n) is 5.27. The van der Waals surface area contributed by atoms with Crippen LogP contribution < -0.4 is 5.32 Å². The fourth-order valence-corrected chi connectivity index (χ4v) is 3.44. The van der Waals surface area contributed by atoms with Crippen molar-refractivity contribution in [3.8, 4) is 0 Å². The van der Waals surface area contributed by atoms with E-state index in [1.54, 1.807) is 0 Å². The van der Waals surface area contributed by atoms with E-state index in [2.05, 4.69) is 33.1 Å². The second-order valence-corrected chi connectivity index (χ2v) is 6.06. The highest BCUT2D eigenvalue weighted by atomic mass is 79.9. The summed E-state index contributed by atoms with van der Waals surface area (Å²) in [6.45, 7) is 5.98. The summed E-state index contributed by atoms with van der Waals surface area (Å²) in [7, 11) is 0. The minimum absolute atomic E-state index is 0.298. The van der Waals surface area contributed by atoms with Gasteiger partial charge in [0.15, 0.2) is 4.67 Å². The van der Waals surface area contributed by atoms with Crippen molar-refractivity contribution in [2.24, 2.45) is 5.92 Å². The molecule has 1 N–H and O–H groups in total. The van der Waals surface area contributed by atoms with Crippen molar-refractivity contribution < 1.29 is 4.42 Å². The van der Waals surface area contributed by atoms with Gasteiger partial charge in [-0.25, -0.2) is 0 Å². The maximum atomic E-state index is 5.61. The Hall–Kier alpha value is -0.320. The van der Waals surface area contributed by atoms with Gasteiger partial charge in [-0.1, -0.05) is 0 Å². The molecule has 2 atom stereocenters. The van der Waals surface area contributed by atoms with Crippen molar-refractivity contribution in [1.29, 1.82) is 0 Å². The molecule has 0 amide bonds. The lowest BCUT2D eigenvalue weighted by molar-refractivity contribution is 0.0666.